The Morgan fingerprint density at radius 1 is 1.09 bits per heavy atom. The van der Waals surface area contributed by atoms with Crippen molar-refractivity contribution in [1.29, 1.82) is 0 Å². The van der Waals surface area contributed by atoms with E-state index in [1.165, 1.54) is 11.2 Å². The van der Waals surface area contributed by atoms with E-state index in [1.54, 1.807) is 30.6 Å². The zero-order chi connectivity index (χ0) is 24.6. The third-order valence-corrected chi connectivity index (χ3v) is 6.08. The van der Waals surface area contributed by atoms with Crippen molar-refractivity contribution in [3.05, 3.63) is 83.9 Å². The molecule has 7 N–H and O–H groups in total. The first-order valence-corrected chi connectivity index (χ1v) is 11.7. The average molecular weight is 474 g/mol. The fourth-order valence-corrected chi connectivity index (χ4v) is 4.33. The fourth-order valence-electron chi connectivity index (χ4n) is 4.33. The minimum Gasteiger partial charge on any atom is -0.403 e. The highest BCUT2D eigenvalue weighted by Crippen LogP contribution is 2.25. The molecule has 1 saturated heterocycles. The van der Waals surface area contributed by atoms with Crippen molar-refractivity contribution in [3.63, 3.8) is 0 Å². The predicted molar refractivity (Wildman–Crippen MR) is 137 cm³/mol. The number of hydrogen-bond acceptors (Lipinski definition) is 7. The Labute approximate surface area is 204 Å². The van der Waals surface area contributed by atoms with Crippen molar-refractivity contribution in [2.75, 3.05) is 18.4 Å². The minimum absolute atomic E-state index is 0.185. The number of benzene rings is 2. The summed E-state index contributed by atoms with van der Waals surface area (Å²) in [5.74, 6) is 5.32. The Morgan fingerprint density at radius 3 is 2.69 bits per heavy atom. The van der Waals surface area contributed by atoms with E-state index in [2.05, 4.69) is 20.9 Å². The minimum atomic E-state index is -0.324. The highest BCUT2D eigenvalue weighted by Gasteiger charge is 2.19. The van der Waals surface area contributed by atoms with Crippen LogP contribution in [0.4, 0.5) is 5.69 Å². The number of nitrogens with two attached hydrogens (primary N) is 2. The largest absolute Gasteiger partial charge is 0.403 e. The molecule has 9 heteroatoms. The van der Waals surface area contributed by atoms with Gasteiger partial charge in [0.2, 0.25) is 0 Å². The molecular formula is C26H31N7O2. The molecule has 1 aliphatic rings. The molecule has 2 heterocycles. The summed E-state index contributed by atoms with van der Waals surface area (Å²) in [7, 11) is 0. The lowest BCUT2D eigenvalue weighted by Crippen LogP contribution is -2.43. The number of pyridine rings is 1. The number of hydrazine groups is 1. The van der Waals surface area contributed by atoms with Crippen LogP contribution < -0.4 is 27.5 Å². The second-order valence-electron chi connectivity index (χ2n) is 8.54. The number of hydrogen-bond donors (Lipinski definition) is 5. The number of piperidine rings is 1. The molecule has 1 atom stereocenters. The predicted octanol–water partition coefficient (Wildman–Crippen LogP) is 2.46. The number of fused-ring (bicyclic) bond motifs is 1. The zero-order valence-electron chi connectivity index (χ0n) is 19.5. The first-order chi connectivity index (χ1) is 17.1. The Hall–Kier alpha value is -3.95. The van der Waals surface area contributed by atoms with Crippen LogP contribution in [0.1, 0.15) is 45.7 Å². The molecule has 0 spiro atoms. The molecule has 1 aliphatic heterocycles. The van der Waals surface area contributed by atoms with Gasteiger partial charge >= 0.3 is 0 Å². The fraction of sp³-hybridized carbons (Fsp3) is 0.269. The van der Waals surface area contributed by atoms with E-state index < -0.39 is 0 Å². The lowest BCUT2D eigenvalue weighted by Gasteiger charge is -2.23. The zero-order valence-corrected chi connectivity index (χ0v) is 19.5. The Morgan fingerprint density at radius 2 is 1.91 bits per heavy atom. The Bertz CT molecular complexity index is 1220. The quantitative estimate of drug-likeness (QED) is 0.250. The molecular weight excluding hydrogens is 442 g/mol. The summed E-state index contributed by atoms with van der Waals surface area (Å²) in [5, 5.41) is 12.4. The number of carbonyl (C=O) groups excluding carboxylic acids is 2. The Balaban J connectivity index is 1.53. The normalized spacial score (nSPS) is 15.7. The van der Waals surface area contributed by atoms with Crippen LogP contribution >= 0.6 is 0 Å². The van der Waals surface area contributed by atoms with E-state index in [4.69, 9.17) is 11.6 Å². The number of amides is 2. The number of aromatic nitrogens is 1. The summed E-state index contributed by atoms with van der Waals surface area (Å²) in [6.45, 7) is 1.91. The van der Waals surface area contributed by atoms with Gasteiger partial charge in [0.15, 0.2) is 5.69 Å². The van der Waals surface area contributed by atoms with Crippen LogP contribution in [0.3, 0.4) is 0 Å². The summed E-state index contributed by atoms with van der Waals surface area (Å²) in [6, 6.07) is 14.9. The van der Waals surface area contributed by atoms with Crippen LogP contribution in [-0.4, -0.2) is 40.9 Å². The topological polar surface area (TPSA) is 138 Å². The van der Waals surface area contributed by atoms with Gasteiger partial charge in [-0.1, -0.05) is 36.8 Å². The van der Waals surface area contributed by atoms with E-state index in [0.717, 1.165) is 42.1 Å². The van der Waals surface area contributed by atoms with E-state index >= 15 is 0 Å². The van der Waals surface area contributed by atoms with Crippen LogP contribution in [0, 0.1) is 0 Å². The highest BCUT2D eigenvalue weighted by molar-refractivity contribution is 6.15. The molecule has 2 aromatic carbocycles. The van der Waals surface area contributed by atoms with Gasteiger partial charge in [0.25, 0.3) is 11.8 Å². The van der Waals surface area contributed by atoms with Crippen LogP contribution in [0.5, 0.6) is 0 Å². The SMILES string of the molecule is N/C=C\N(N)Cc1ccc(C(=O)Nc2cccnc2C(=O)NCC2CCCCN2)c2ccccc12. The van der Waals surface area contributed by atoms with Gasteiger partial charge < -0.3 is 26.7 Å². The maximum absolute atomic E-state index is 13.3. The molecule has 0 saturated carbocycles. The van der Waals surface area contributed by atoms with Gasteiger partial charge in [-0.3, -0.25) is 9.59 Å². The van der Waals surface area contributed by atoms with Gasteiger partial charge in [0, 0.05) is 36.7 Å². The lowest BCUT2D eigenvalue weighted by atomic mass is 9.98. The number of anilines is 1. The molecule has 0 bridgehead atoms. The maximum atomic E-state index is 13.3. The molecule has 0 radical (unpaired) electrons. The number of carbonyl (C=O) groups is 2. The third kappa shape index (κ3) is 5.95. The smallest absolute Gasteiger partial charge is 0.272 e. The van der Waals surface area contributed by atoms with Crippen molar-refractivity contribution in [2.45, 2.75) is 31.8 Å². The molecule has 0 aliphatic carbocycles. The van der Waals surface area contributed by atoms with Crippen LogP contribution in [0.25, 0.3) is 10.8 Å². The van der Waals surface area contributed by atoms with Gasteiger partial charge in [-0.2, -0.15) is 0 Å². The van der Waals surface area contributed by atoms with Crippen molar-refractivity contribution >= 4 is 28.3 Å². The summed E-state index contributed by atoms with van der Waals surface area (Å²) >= 11 is 0. The van der Waals surface area contributed by atoms with Gasteiger partial charge in [-0.15, -0.1) is 0 Å². The number of rotatable bonds is 8. The molecule has 9 nitrogen and oxygen atoms in total. The molecule has 2 amide bonds. The maximum Gasteiger partial charge on any atom is 0.272 e. The molecule has 182 valence electrons. The monoisotopic (exact) mass is 473 g/mol. The highest BCUT2D eigenvalue weighted by atomic mass is 16.2. The molecule has 1 fully saturated rings. The number of nitrogens with zero attached hydrogens (tertiary/aromatic N) is 2. The van der Waals surface area contributed by atoms with Crippen LogP contribution in [0.2, 0.25) is 0 Å². The number of nitrogens with one attached hydrogen (secondary N) is 3. The van der Waals surface area contributed by atoms with Crippen molar-refractivity contribution in [2.24, 2.45) is 11.6 Å². The van der Waals surface area contributed by atoms with Gasteiger partial charge in [0.05, 0.1) is 12.2 Å². The van der Waals surface area contributed by atoms with Crippen LogP contribution in [-0.2, 0) is 6.54 Å². The first kappa shape index (κ1) is 24.2. The van der Waals surface area contributed by atoms with E-state index in [0.29, 0.717) is 24.3 Å². The van der Waals surface area contributed by atoms with Gasteiger partial charge in [0.1, 0.15) is 0 Å². The standard InChI is InChI=1S/C26H31N7O2/c27-12-15-33(28)17-18-10-11-22(21-8-2-1-7-20(18)21)25(34)32-23-9-5-14-30-24(23)26(35)31-16-19-6-3-4-13-29-19/h1-2,5,7-12,14-15,19,29H,3-4,6,13,16-17,27-28H2,(H,31,35)(H,32,34)/b15-12-. The molecule has 35 heavy (non-hydrogen) atoms. The van der Waals surface area contributed by atoms with Gasteiger partial charge in [-0.05, 0) is 53.9 Å². The molecule has 4 rings (SSSR count). The Kier molecular flexibility index (Phi) is 7.92. The third-order valence-electron chi connectivity index (χ3n) is 6.08. The molecule has 1 unspecified atom stereocenters. The van der Waals surface area contributed by atoms with Crippen LogP contribution in [0.15, 0.2) is 67.1 Å². The summed E-state index contributed by atoms with van der Waals surface area (Å²) in [5.41, 5.74) is 7.42. The van der Waals surface area contributed by atoms with Crippen molar-refractivity contribution in [3.8, 4) is 0 Å². The van der Waals surface area contributed by atoms with E-state index in [9.17, 15) is 9.59 Å². The second-order valence-corrected chi connectivity index (χ2v) is 8.54. The van der Waals surface area contributed by atoms with E-state index in [-0.39, 0.29) is 23.6 Å². The molecule has 3 aromatic rings. The first-order valence-electron chi connectivity index (χ1n) is 11.7. The molecule has 1 aromatic heterocycles. The second kappa shape index (κ2) is 11.5. The van der Waals surface area contributed by atoms with Gasteiger partial charge in [-0.25, -0.2) is 10.8 Å². The summed E-state index contributed by atoms with van der Waals surface area (Å²) in [6.07, 6.45) is 7.83. The van der Waals surface area contributed by atoms with Crippen molar-refractivity contribution < 1.29 is 9.59 Å². The van der Waals surface area contributed by atoms with Crippen molar-refractivity contribution in [1.82, 2.24) is 20.6 Å². The lowest BCUT2D eigenvalue weighted by molar-refractivity contribution is 0.0943. The summed E-state index contributed by atoms with van der Waals surface area (Å²) in [4.78, 5) is 30.4. The van der Waals surface area contributed by atoms with E-state index in [1.807, 2.05) is 30.3 Å². The average Bonchev–Trinajstić information content (AvgIpc) is 2.88. The summed E-state index contributed by atoms with van der Waals surface area (Å²) < 4.78 is 0.